The van der Waals surface area contributed by atoms with Crippen molar-refractivity contribution in [3.05, 3.63) is 31.2 Å². The molecule has 0 radical (unpaired) electrons. The summed E-state index contributed by atoms with van der Waals surface area (Å²) in [4.78, 5) is 0. The molecule has 0 aliphatic carbocycles. The number of rotatable bonds is 0. The van der Waals surface area contributed by atoms with Gasteiger partial charge in [-0.05, 0) is 0 Å². The second-order valence-corrected chi connectivity index (χ2v) is 3.74. The molecule has 0 saturated heterocycles. The summed E-state index contributed by atoms with van der Waals surface area (Å²) in [6.07, 6.45) is 0. The highest BCUT2D eigenvalue weighted by atomic mass is 35.5. The Labute approximate surface area is 106 Å². The summed E-state index contributed by atoms with van der Waals surface area (Å²) in [5.41, 5.74) is -0.0847. The Kier molecular flexibility index (Phi) is 5.17. The second-order valence-electron chi connectivity index (χ2n) is 2.23. The number of hydrogen-bond acceptors (Lipinski definition) is 2. The molecule has 1 aromatic carbocycles. The molecule has 0 spiro atoms. The summed E-state index contributed by atoms with van der Waals surface area (Å²) >= 11 is 22.8. The molecule has 0 saturated carbocycles. The topological polar surface area (TPSA) is 79.1 Å². The van der Waals surface area contributed by atoms with Crippen molar-refractivity contribution < 1.29 is 5.48 Å². The van der Waals surface area contributed by atoms with E-state index in [1.165, 1.54) is 0 Å². The fraction of sp³-hybridized carbons (Fsp3) is 0. The van der Waals surface area contributed by atoms with Crippen LogP contribution in [0.3, 0.4) is 0 Å². The standard InChI is InChI=1S/C8Cl4N2.H2O/c9-5-3(1-13)6(10)8(12)7(11)4(5)2-14;/h;1H2. The normalized spacial score (nSPS) is 8.67. The SMILES string of the molecule is N#Cc1c(Cl)c(Cl)c(Cl)c(C#N)c1Cl.O. The average Bonchev–Trinajstić information content (AvgIpc) is 2.16. The minimum atomic E-state index is -0.0746. The quantitative estimate of drug-likeness (QED) is 0.541. The monoisotopic (exact) mass is 282 g/mol. The van der Waals surface area contributed by atoms with E-state index in [2.05, 4.69) is 0 Å². The van der Waals surface area contributed by atoms with Crippen LogP contribution in [0.15, 0.2) is 0 Å². The van der Waals surface area contributed by atoms with E-state index in [0.717, 1.165) is 0 Å². The van der Waals surface area contributed by atoms with Gasteiger partial charge in [0.15, 0.2) is 0 Å². The molecule has 2 N–H and O–H groups in total. The second kappa shape index (κ2) is 5.42. The maximum absolute atomic E-state index is 8.70. The predicted molar refractivity (Wildman–Crippen MR) is 59.5 cm³/mol. The van der Waals surface area contributed by atoms with E-state index >= 15 is 0 Å². The minimum Gasteiger partial charge on any atom is -0.412 e. The molecule has 0 atom stereocenters. The van der Waals surface area contributed by atoms with Crippen molar-refractivity contribution in [3.63, 3.8) is 0 Å². The average molecular weight is 284 g/mol. The van der Waals surface area contributed by atoms with Crippen molar-refractivity contribution in [2.45, 2.75) is 0 Å². The van der Waals surface area contributed by atoms with Gasteiger partial charge in [-0.1, -0.05) is 46.4 Å². The molecule has 1 aromatic rings. The van der Waals surface area contributed by atoms with E-state index in [4.69, 9.17) is 56.9 Å². The zero-order chi connectivity index (χ0) is 10.9. The van der Waals surface area contributed by atoms with Gasteiger partial charge in [-0.3, -0.25) is 0 Å². The first-order valence-electron chi connectivity index (χ1n) is 3.20. The van der Waals surface area contributed by atoms with Gasteiger partial charge in [0.25, 0.3) is 0 Å². The van der Waals surface area contributed by atoms with E-state index in [1.54, 1.807) is 12.1 Å². The summed E-state index contributed by atoms with van der Waals surface area (Å²) in [5.74, 6) is 0. The van der Waals surface area contributed by atoms with Gasteiger partial charge < -0.3 is 5.48 Å². The highest BCUT2D eigenvalue weighted by molar-refractivity contribution is 6.50. The van der Waals surface area contributed by atoms with Crippen molar-refractivity contribution in [1.29, 1.82) is 10.5 Å². The summed E-state index contributed by atoms with van der Waals surface area (Å²) in [6.45, 7) is 0. The molecule has 15 heavy (non-hydrogen) atoms. The molecular formula is C8H2Cl4N2O. The lowest BCUT2D eigenvalue weighted by Crippen LogP contribution is -1.89. The van der Waals surface area contributed by atoms with Crippen molar-refractivity contribution in [2.24, 2.45) is 0 Å². The highest BCUT2D eigenvalue weighted by Gasteiger charge is 2.19. The molecule has 3 nitrogen and oxygen atoms in total. The van der Waals surface area contributed by atoms with E-state index in [-0.39, 0.29) is 36.7 Å². The predicted octanol–water partition coefficient (Wildman–Crippen LogP) is 3.22. The number of halogens is 4. The molecule has 7 heteroatoms. The van der Waals surface area contributed by atoms with Crippen LogP contribution < -0.4 is 0 Å². The minimum absolute atomic E-state index is 0. The molecule has 0 heterocycles. The third-order valence-corrected chi connectivity index (χ3v) is 3.19. The van der Waals surface area contributed by atoms with Crippen molar-refractivity contribution >= 4 is 46.4 Å². The van der Waals surface area contributed by atoms with Crippen LogP contribution in [-0.2, 0) is 0 Å². The summed E-state index contributed by atoms with van der Waals surface area (Å²) in [6, 6.07) is 3.50. The molecule has 0 fully saturated rings. The summed E-state index contributed by atoms with van der Waals surface area (Å²) < 4.78 is 0. The van der Waals surface area contributed by atoms with Crippen LogP contribution in [-0.4, -0.2) is 5.48 Å². The maximum Gasteiger partial charge on any atom is 0.102 e. The molecule has 0 amide bonds. The van der Waals surface area contributed by atoms with Gasteiger partial charge in [-0.15, -0.1) is 0 Å². The number of benzene rings is 1. The third kappa shape index (κ3) is 2.29. The van der Waals surface area contributed by atoms with Crippen LogP contribution >= 0.6 is 46.4 Å². The fourth-order valence-electron chi connectivity index (χ4n) is 0.830. The molecule has 1 rings (SSSR count). The van der Waals surface area contributed by atoms with Crippen LogP contribution in [0.5, 0.6) is 0 Å². The van der Waals surface area contributed by atoms with Crippen LogP contribution in [0.1, 0.15) is 11.1 Å². The fourth-order valence-corrected chi connectivity index (χ4v) is 1.90. The van der Waals surface area contributed by atoms with E-state index in [0.29, 0.717) is 0 Å². The Hall–Kier alpha value is -0.680. The number of nitriles is 2. The van der Waals surface area contributed by atoms with Crippen molar-refractivity contribution in [2.75, 3.05) is 0 Å². The molecule has 0 unspecified atom stereocenters. The van der Waals surface area contributed by atoms with Gasteiger partial charge in [0.05, 0.1) is 31.2 Å². The van der Waals surface area contributed by atoms with Gasteiger partial charge in [0.2, 0.25) is 0 Å². The van der Waals surface area contributed by atoms with Crippen LogP contribution in [0.4, 0.5) is 0 Å². The first kappa shape index (κ1) is 14.3. The van der Waals surface area contributed by atoms with Gasteiger partial charge in [0, 0.05) is 0 Å². The van der Waals surface area contributed by atoms with Gasteiger partial charge in [-0.2, -0.15) is 10.5 Å². The Morgan fingerprint density at radius 1 is 0.667 bits per heavy atom. The number of nitrogens with zero attached hydrogens (tertiary/aromatic N) is 2. The number of hydrogen-bond donors (Lipinski definition) is 0. The molecule has 0 bridgehead atoms. The molecule has 0 aliphatic rings. The lowest BCUT2D eigenvalue weighted by atomic mass is 10.1. The summed E-state index contributed by atoms with van der Waals surface area (Å²) in [7, 11) is 0. The van der Waals surface area contributed by atoms with Crippen molar-refractivity contribution in [3.8, 4) is 12.1 Å². The Morgan fingerprint density at radius 3 is 1.27 bits per heavy atom. The van der Waals surface area contributed by atoms with E-state index < -0.39 is 0 Å². The van der Waals surface area contributed by atoms with Crippen LogP contribution in [0.2, 0.25) is 20.1 Å². The Morgan fingerprint density at radius 2 is 1.00 bits per heavy atom. The molecule has 0 aliphatic heterocycles. The first-order valence-corrected chi connectivity index (χ1v) is 4.72. The summed E-state index contributed by atoms with van der Waals surface area (Å²) in [5, 5.41) is 17.2. The van der Waals surface area contributed by atoms with Gasteiger partial charge in [0.1, 0.15) is 12.1 Å². The lowest BCUT2D eigenvalue weighted by molar-refractivity contribution is 0.824. The lowest BCUT2D eigenvalue weighted by Gasteiger charge is -2.05. The Balaban J connectivity index is 0.00000196. The van der Waals surface area contributed by atoms with Crippen LogP contribution in [0, 0.1) is 22.7 Å². The highest BCUT2D eigenvalue weighted by Crippen LogP contribution is 2.40. The zero-order valence-electron chi connectivity index (χ0n) is 6.91. The zero-order valence-corrected chi connectivity index (χ0v) is 9.93. The third-order valence-electron chi connectivity index (χ3n) is 1.49. The first-order chi connectivity index (χ1) is 6.54. The van der Waals surface area contributed by atoms with Gasteiger partial charge in [-0.25, -0.2) is 0 Å². The molecule has 0 aromatic heterocycles. The molecule has 78 valence electrons. The van der Waals surface area contributed by atoms with E-state index in [9.17, 15) is 0 Å². The van der Waals surface area contributed by atoms with Crippen molar-refractivity contribution in [1.82, 2.24) is 0 Å². The Bertz CT molecular complexity index is 446. The largest absolute Gasteiger partial charge is 0.412 e. The van der Waals surface area contributed by atoms with Gasteiger partial charge >= 0.3 is 0 Å². The smallest absolute Gasteiger partial charge is 0.102 e. The van der Waals surface area contributed by atoms with Crippen LogP contribution in [0.25, 0.3) is 0 Å². The van der Waals surface area contributed by atoms with E-state index in [1.807, 2.05) is 0 Å². The molecular weight excluding hydrogens is 282 g/mol. The maximum atomic E-state index is 8.70.